The van der Waals surface area contributed by atoms with Gasteiger partial charge in [-0.1, -0.05) is 24.3 Å². The van der Waals surface area contributed by atoms with Crippen LogP contribution in [0.4, 0.5) is 10.1 Å². The number of carbonyl (C=O) groups is 2. The summed E-state index contributed by atoms with van der Waals surface area (Å²) in [6, 6.07) is 13.2. The molecule has 3 aromatic rings. The van der Waals surface area contributed by atoms with Gasteiger partial charge in [-0.15, -0.1) is 11.3 Å². The van der Waals surface area contributed by atoms with Crippen LogP contribution < -0.4 is 10.6 Å². The second-order valence-corrected chi connectivity index (χ2v) is 7.03. The average molecular weight is 383 g/mol. The minimum atomic E-state index is -0.395. The van der Waals surface area contributed by atoms with Crippen molar-refractivity contribution in [2.75, 3.05) is 11.9 Å². The molecule has 138 valence electrons. The highest BCUT2D eigenvalue weighted by Crippen LogP contribution is 2.24. The molecule has 0 fully saturated rings. The van der Waals surface area contributed by atoms with Crippen LogP contribution in [0.2, 0.25) is 0 Å². The maximum absolute atomic E-state index is 13.1. The largest absolute Gasteiger partial charge is 0.347 e. The lowest BCUT2D eigenvalue weighted by Crippen LogP contribution is -2.33. The Kier molecular flexibility index (Phi) is 5.93. The summed E-state index contributed by atoms with van der Waals surface area (Å²) in [5, 5.41) is 8.22. The Labute approximate surface area is 160 Å². The molecule has 2 amide bonds. The molecule has 0 spiro atoms. The molecular weight excluding hydrogens is 365 g/mol. The lowest BCUT2D eigenvalue weighted by molar-refractivity contribution is -0.123. The number of carbonyl (C=O) groups excluding carboxylic acids is 2. The van der Waals surface area contributed by atoms with Crippen molar-refractivity contribution in [2.45, 2.75) is 13.3 Å². The van der Waals surface area contributed by atoms with E-state index in [2.05, 4.69) is 15.6 Å². The minimum absolute atomic E-state index is 0.0176. The molecule has 7 heteroatoms. The fourth-order valence-corrected chi connectivity index (χ4v) is 3.15. The zero-order valence-corrected chi connectivity index (χ0v) is 15.5. The zero-order chi connectivity index (χ0) is 19.2. The second-order valence-electron chi connectivity index (χ2n) is 5.96. The van der Waals surface area contributed by atoms with Gasteiger partial charge in [-0.2, -0.15) is 0 Å². The Balaban J connectivity index is 1.52. The molecule has 0 bridgehead atoms. The third-order valence-corrected chi connectivity index (χ3v) is 4.53. The Hall–Kier alpha value is -3.06. The molecule has 3 rings (SSSR count). The Morgan fingerprint density at radius 1 is 1.11 bits per heavy atom. The first-order chi connectivity index (χ1) is 13.0. The summed E-state index contributed by atoms with van der Waals surface area (Å²) in [5.41, 5.74) is 2.95. The van der Waals surface area contributed by atoms with E-state index in [1.54, 1.807) is 29.5 Å². The molecule has 0 saturated heterocycles. The van der Waals surface area contributed by atoms with Crippen LogP contribution in [0.5, 0.6) is 0 Å². The summed E-state index contributed by atoms with van der Waals surface area (Å²) >= 11 is 1.56. The summed E-state index contributed by atoms with van der Waals surface area (Å²) in [6.45, 7) is 1.78. The predicted molar refractivity (Wildman–Crippen MR) is 104 cm³/mol. The molecule has 0 aliphatic carbocycles. The van der Waals surface area contributed by atoms with E-state index in [0.717, 1.165) is 16.3 Å². The van der Waals surface area contributed by atoms with Gasteiger partial charge < -0.3 is 10.6 Å². The number of rotatable bonds is 6. The van der Waals surface area contributed by atoms with Gasteiger partial charge in [0.05, 0.1) is 23.7 Å². The number of hydrogen-bond donors (Lipinski definition) is 2. The first-order valence-corrected chi connectivity index (χ1v) is 9.21. The highest BCUT2D eigenvalue weighted by Gasteiger charge is 2.09. The van der Waals surface area contributed by atoms with E-state index in [1.165, 1.54) is 12.1 Å². The molecule has 0 radical (unpaired) electrons. The van der Waals surface area contributed by atoms with Gasteiger partial charge in [0.1, 0.15) is 5.82 Å². The zero-order valence-electron chi connectivity index (χ0n) is 14.7. The number of nitrogens with one attached hydrogen (secondary N) is 2. The molecule has 1 aromatic heterocycles. The quantitative estimate of drug-likeness (QED) is 0.684. The summed E-state index contributed by atoms with van der Waals surface area (Å²) in [6.07, 6.45) is 0.0176. The third kappa shape index (κ3) is 5.46. The van der Waals surface area contributed by atoms with E-state index in [4.69, 9.17) is 0 Å². The summed E-state index contributed by atoms with van der Waals surface area (Å²) in [7, 11) is 0. The van der Waals surface area contributed by atoms with E-state index in [9.17, 15) is 14.0 Å². The Morgan fingerprint density at radius 2 is 1.93 bits per heavy atom. The fraction of sp³-hybridized carbons (Fsp3) is 0.150. The number of aromatic nitrogens is 1. The number of hydrogen-bond acceptors (Lipinski definition) is 4. The molecule has 0 atom stereocenters. The van der Waals surface area contributed by atoms with Crippen molar-refractivity contribution in [2.24, 2.45) is 0 Å². The van der Waals surface area contributed by atoms with Crippen LogP contribution in [-0.4, -0.2) is 23.3 Å². The highest BCUT2D eigenvalue weighted by atomic mass is 32.1. The molecule has 2 N–H and O–H groups in total. The molecule has 27 heavy (non-hydrogen) atoms. The van der Waals surface area contributed by atoms with Gasteiger partial charge >= 0.3 is 0 Å². The van der Waals surface area contributed by atoms with E-state index in [1.807, 2.05) is 30.5 Å². The van der Waals surface area contributed by atoms with Crippen molar-refractivity contribution < 1.29 is 14.0 Å². The van der Waals surface area contributed by atoms with Crippen LogP contribution in [0.15, 0.2) is 53.9 Å². The van der Waals surface area contributed by atoms with E-state index in [0.29, 0.717) is 11.3 Å². The SMILES string of the molecule is Cc1nc(-c2cccc(NC(=O)CNC(=O)Cc3cccc(F)c3)c2)cs1. The standard InChI is InChI=1S/C20H18FN3O2S/c1-13-23-18(12-27-13)15-5-3-7-17(10-15)24-20(26)11-22-19(25)9-14-4-2-6-16(21)8-14/h2-8,10,12H,9,11H2,1H3,(H,22,25)(H,24,26). The molecule has 0 saturated carbocycles. The maximum Gasteiger partial charge on any atom is 0.243 e. The first-order valence-electron chi connectivity index (χ1n) is 8.33. The van der Waals surface area contributed by atoms with Gasteiger partial charge in [0.15, 0.2) is 0 Å². The number of thiazole rings is 1. The number of nitrogens with zero attached hydrogens (tertiary/aromatic N) is 1. The van der Waals surface area contributed by atoms with E-state index >= 15 is 0 Å². The number of benzene rings is 2. The van der Waals surface area contributed by atoms with Gasteiger partial charge in [-0.3, -0.25) is 9.59 Å². The van der Waals surface area contributed by atoms with Crippen LogP contribution in [0, 0.1) is 12.7 Å². The lowest BCUT2D eigenvalue weighted by atomic mass is 10.1. The van der Waals surface area contributed by atoms with Gasteiger partial charge in [-0.25, -0.2) is 9.37 Å². The summed E-state index contributed by atoms with van der Waals surface area (Å²) < 4.78 is 13.1. The van der Waals surface area contributed by atoms with Crippen molar-refractivity contribution in [1.82, 2.24) is 10.3 Å². The number of aryl methyl sites for hydroxylation is 1. The van der Waals surface area contributed by atoms with Gasteiger partial charge in [0.25, 0.3) is 0 Å². The maximum atomic E-state index is 13.1. The normalized spacial score (nSPS) is 10.4. The second kappa shape index (κ2) is 8.55. The summed E-state index contributed by atoms with van der Waals surface area (Å²) in [5.74, 6) is -1.08. The van der Waals surface area contributed by atoms with E-state index < -0.39 is 5.82 Å². The van der Waals surface area contributed by atoms with Crippen LogP contribution in [-0.2, 0) is 16.0 Å². The molecule has 2 aromatic carbocycles. The molecule has 5 nitrogen and oxygen atoms in total. The average Bonchev–Trinajstić information content (AvgIpc) is 3.07. The minimum Gasteiger partial charge on any atom is -0.347 e. The first kappa shape index (κ1) is 18.7. The lowest BCUT2D eigenvalue weighted by Gasteiger charge is -2.08. The number of anilines is 1. The smallest absolute Gasteiger partial charge is 0.243 e. The summed E-state index contributed by atoms with van der Waals surface area (Å²) in [4.78, 5) is 28.4. The predicted octanol–water partition coefficient (Wildman–Crippen LogP) is 3.56. The molecule has 0 aliphatic rings. The van der Waals surface area contributed by atoms with Gasteiger partial charge in [-0.05, 0) is 36.8 Å². The van der Waals surface area contributed by atoms with Crippen molar-refractivity contribution >= 4 is 28.8 Å². The van der Waals surface area contributed by atoms with Crippen LogP contribution in [0.25, 0.3) is 11.3 Å². The van der Waals surface area contributed by atoms with Crippen LogP contribution in [0.3, 0.4) is 0 Å². The third-order valence-electron chi connectivity index (χ3n) is 3.76. The molecular formula is C20H18FN3O2S. The van der Waals surface area contributed by atoms with Gasteiger partial charge in [0, 0.05) is 16.6 Å². The molecule has 0 unspecified atom stereocenters. The monoisotopic (exact) mass is 383 g/mol. The number of amides is 2. The van der Waals surface area contributed by atoms with Crippen molar-refractivity contribution in [3.8, 4) is 11.3 Å². The molecule has 1 heterocycles. The van der Waals surface area contributed by atoms with Crippen molar-refractivity contribution in [3.05, 3.63) is 70.3 Å². The van der Waals surface area contributed by atoms with Crippen LogP contribution >= 0.6 is 11.3 Å². The van der Waals surface area contributed by atoms with E-state index in [-0.39, 0.29) is 24.8 Å². The Morgan fingerprint density at radius 3 is 2.67 bits per heavy atom. The molecule has 0 aliphatic heterocycles. The Bertz CT molecular complexity index is 971. The van der Waals surface area contributed by atoms with Gasteiger partial charge in [0.2, 0.25) is 11.8 Å². The topological polar surface area (TPSA) is 71.1 Å². The fourth-order valence-electron chi connectivity index (χ4n) is 2.53. The number of halogens is 1. The van der Waals surface area contributed by atoms with Crippen molar-refractivity contribution in [3.63, 3.8) is 0 Å². The highest BCUT2D eigenvalue weighted by molar-refractivity contribution is 7.09. The van der Waals surface area contributed by atoms with Crippen LogP contribution in [0.1, 0.15) is 10.6 Å². The van der Waals surface area contributed by atoms with Crippen molar-refractivity contribution in [1.29, 1.82) is 0 Å².